The third-order valence-electron chi connectivity index (χ3n) is 10.9. The molecule has 8 heterocycles. The van der Waals surface area contributed by atoms with Crippen molar-refractivity contribution in [3.63, 3.8) is 0 Å². The van der Waals surface area contributed by atoms with E-state index in [9.17, 15) is 13.2 Å². The molecule has 0 aliphatic rings. The van der Waals surface area contributed by atoms with Crippen molar-refractivity contribution in [3.05, 3.63) is 86.5 Å². The van der Waals surface area contributed by atoms with E-state index in [0.717, 1.165) is 76.1 Å². The lowest BCUT2D eigenvalue weighted by molar-refractivity contribution is -0.122. The molecule has 0 fully saturated rings. The first-order valence-corrected chi connectivity index (χ1v) is 22.9. The normalized spacial score (nSPS) is 12.1. The Balaban J connectivity index is 0.000000189. The van der Waals surface area contributed by atoms with Gasteiger partial charge in [0.05, 0.1) is 108 Å². The molecule has 1 amide bonds. The summed E-state index contributed by atoms with van der Waals surface area (Å²) in [5.74, 6) is -0.0950. The summed E-state index contributed by atoms with van der Waals surface area (Å²) in [7, 11) is -0.236. The van der Waals surface area contributed by atoms with Crippen molar-refractivity contribution in [3.8, 4) is 45.0 Å². The number of hydrogen-bond donors (Lipinski definition) is 1. The molecule has 8 rings (SSSR count). The van der Waals surface area contributed by atoms with Gasteiger partial charge in [-0.15, -0.1) is 0 Å². The number of sulfonamides is 1. The van der Waals surface area contributed by atoms with Crippen LogP contribution in [0.15, 0.2) is 86.5 Å². The van der Waals surface area contributed by atoms with Gasteiger partial charge in [-0.25, -0.2) is 31.7 Å². The number of nitrogens with zero attached hydrogens (tertiary/aromatic N) is 15. The monoisotopic (exact) mass is 876 g/mol. The quantitative estimate of drug-likeness (QED) is 0.112. The number of amides is 1. The Morgan fingerprint density at radius 2 is 1.10 bits per heavy atom. The maximum absolute atomic E-state index is 12.0. The zero-order valence-electron chi connectivity index (χ0n) is 37.1. The van der Waals surface area contributed by atoms with E-state index in [-0.39, 0.29) is 30.8 Å². The molecule has 0 radical (unpaired) electrons. The fourth-order valence-corrected chi connectivity index (χ4v) is 8.09. The highest BCUT2D eigenvalue weighted by Crippen LogP contribution is 2.30. The predicted molar refractivity (Wildman–Crippen MR) is 241 cm³/mol. The smallest absolute Gasteiger partial charge is 0.241 e. The Morgan fingerprint density at radius 1 is 0.635 bits per heavy atom. The van der Waals surface area contributed by atoms with Crippen molar-refractivity contribution in [1.29, 1.82) is 0 Å². The molecule has 0 saturated heterocycles. The van der Waals surface area contributed by atoms with Crippen LogP contribution in [-0.2, 0) is 27.9 Å². The van der Waals surface area contributed by atoms with Gasteiger partial charge in [0.25, 0.3) is 0 Å². The van der Waals surface area contributed by atoms with Crippen LogP contribution >= 0.6 is 0 Å². The zero-order chi connectivity index (χ0) is 44.8. The second kappa shape index (κ2) is 19.2. The van der Waals surface area contributed by atoms with Gasteiger partial charge in [-0.1, -0.05) is 27.7 Å². The van der Waals surface area contributed by atoms with Gasteiger partial charge >= 0.3 is 0 Å². The molecule has 1 N–H and O–H groups in total. The van der Waals surface area contributed by atoms with E-state index >= 15 is 0 Å². The van der Waals surface area contributed by atoms with Crippen molar-refractivity contribution in [2.45, 2.75) is 98.4 Å². The van der Waals surface area contributed by atoms with Crippen LogP contribution in [-0.4, -0.2) is 113 Å². The highest BCUT2D eigenvalue weighted by atomic mass is 32.2. The maximum atomic E-state index is 12.0. The van der Waals surface area contributed by atoms with Crippen molar-refractivity contribution < 1.29 is 13.2 Å². The summed E-state index contributed by atoms with van der Waals surface area (Å²) in [5.41, 5.74) is 8.33. The molecule has 19 nitrogen and oxygen atoms in total. The standard InChI is InChI=1S/C22H28N8O.C21H28N8O2S/c1-5-18(6-2)29-12-17(10-25-29)22-20-7-8-23-30(20)13-19(27-22)16-9-24-28(11-16)14-21(31)26-15(3)4;1-5-18(6-2)28-14-17(12-24-28)21-20-7-8-22-29(20)15-19(25-21)16-11-23-27(13-16)9-10-32(30,31)26(3)4/h7-13,15,18H,5-6,14H2,1-4H3,(H,26,31);7-8,11-15,18H,5-6,9-10H2,1-4H3. The highest BCUT2D eigenvalue weighted by Gasteiger charge is 2.19. The minimum absolute atomic E-state index is 0.0206. The number of carbonyl (C=O) groups is 1. The van der Waals surface area contributed by atoms with E-state index in [1.165, 1.54) is 18.4 Å². The van der Waals surface area contributed by atoms with Crippen molar-refractivity contribution in [2.75, 3.05) is 19.8 Å². The van der Waals surface area contributed by atoms with E-state index < -0.39 is 10.0 Å². The minimum Gasteiger partial charge on any atom is -0.352 e. The molecule has 8 aromatic heterocycles. The fraction of sp³-hybridized carbons (Fsp3) is 0.419. The van der Waals surface area contributed by atoms with E-state index in [1.54, 1.807) is 44.9 Å². The molecule has 332 valence electrons. The van der Waals surface area contributed by atoms with E-state index in [2.05, 4.69) is 69.8 Å². The molecular formula is C43H56N16O3S. The van der Waals surface area contributed by atoms with E-state index in [1.807, 2.05) is 77.0 Å². The van der Waals surface area contributed by atoms with Crippen molar-refractivity contribution in [2.24, 2.45) is 0 Å². The molecular weight excluding hydrogens is 821 g/mol. The summed E-state index contributed by atoms with van der Waals surface area (Å²) >= 11 is 0. The Hall–Kier alpha value is -6.54. The molecule has 0 atom stereocenters. The number of fused-ring (bicyclic) bond motifs is 2. The molecule has 0 aromatic carbocycles. The summed E-state index contributed by atoms with van der Waals surface area (Å²) < 4.78 is 36.2. The van der Waals surface area contributed by atoms with Gasteiger partial charge in [0.1, 0.15) is 6.54 Å². The third kappa shape index (κ3) is 10.1. The second-order valence-corrected chi connectivity index (χ2v) is 18.2. The SMILES string of the molecule is CCC(CC)n1cc(-c2nc(-c3cnn(CC(=O)NC(C)C)c3)cn3nccc23)cn1.CCC(CC)n1cc(-c2nc(-c3cnn(CCS(=O)(=O)N(C)C)c3)cn3nccc23)cn1. The number of aromatic nitrogens is 14. The van der Waals surface area contributed by atoms with Crippen molar-refractivity contribution >= 4 is 27.0 Å². The maximum Gasteiger partial charge on any atom is 0.241 e. The van der Waals surface area contributed by atoms with Crippen LogP contribution in [0.25, 0.3) is 56.1 Å². The molecule has 0 aliphatic heterocycles. The molecule has 63 heavy (non-hydrogen) atoms. The largest absolute Gasteiger partial charge is 0.352 e. The summed E-state index contributed by atoms with van der Waals surface area (Å²) in [5, 5.41) is 29.5. The highest BCUT2D eigenvalue weighted by molar-refractivity contribution is 7.89. The molecule has 8 aromatic rings. The first-order valence-electron chi connectivity index (χ1n) is 21.3. The summed E-state index contributed by atoms with van der Waals surface area (Å²) in [6.07, 6.45) is 26.1. The lowest BCUT2D eigenvalue weighted by Crippen LogP contribution is -2.33. The molecule has 0 saturated carbocycles. The third-order valence-corrected chi connectivity index (χ3v) is 12.7. The Bertz CT molecular complexity index is 2890. The summed E-state index contributed by atoms with van der Waals surface area (Å²) in [6, 6.07) is 4.68. The molecule has 0 unspecified atom stereocenters. The zero-order valence-corrected chi connectivity index (χ0v) is 37.9. The van der Waals surface area contributed by atoms with Crippen LogP contribution < -0.4 is 5.32 Å². The Morgan fingerprint density at radius 3 is 1.56 bits per heavy atom. The van der Waals surface area contributed by atoms with Gasteiger partial charge in [0.15, 0.2) is 0 Å². The number of carbonyl (C=O) groups excluding carboxylic acids is 1. The van der Waals surface area contributed by atoms with Crippen molar-refractivity contribution in [1.82, 2.24) is 77.9 Å². The first-order chi connectivity index (χ1) is 30.3. The second-order valence-electron chi connectivity index (χ2n) is 15.9. The van der Waals surface area contributed by atoms with Crippen LogP contribution in [0.4, 0.5) is 0 Å². The minimum atomic E-state index is -3.29. The topological polar surface area (TPSA) is 198 Å². The number of rotatable bonds is 17. The van der Waals surface area contributed by atoms with Crippen LogP contribution in [0, 0.1) is 0 Å². The number of aryl methyl sites for hydroxylation is 1. The summed E-state index contributed by atoms with van der Waals surface area (Å²) in [6.45, 7) is 12.9. The van der Waals surface area contributed by atoms with Gasteiger partial charge in [-0.3, -0.25) is 23.5 Å². The lowest BCUT2D eigenvalue weighted by atomic mass is 10.1. The van der Waals surface area contributed by atoms with Gasteiger partial charge in [0, 0.05) is 67.2 Å². The lowest BCUT2D eigenvalue weighted by Gasteiger charge is -2.12. The molecule has 20 heteroatoms. The number of hydrogen-bond acceptors (Lipinski definition) is 11. The average molecular weight is 877 g/mol. The fourth-order valence-electron chi connectivity index (χ4n) is 7.31. The van der Waals surface area contributed by atoms with Crippen LogP contribution in [0.1, 0.15) is 79.3 Å². The van der Waals surface area contributed by atoms with Crippen LogP contribution in [0.5, 0.6) is 0 Å². The predicted octanol–water partition coefficient (Wildman–Crippen LogP) is 6.05. The van der Waals surface area contributed by atoms with Crippen LogP contribution in [0.2, 0.25) is 0 Å². The molecule has 0 spiro atoms. The van der Waals surface area contributed by atoms with Gasteiger partial charge in [-0.05, 0) is 51.7 Å². The number of nitrogens with one attached hydrogen (secondary N) is 1. The van der Waals surface area contributed by atoms with Gasteiger partial charge in [0.2, 0.25) is 15.9 Å². The molecule has 0 aliphatic carbocycles. The van der Waals surface area contributed by atoms with E-state index in [4.69, 9.17) is 9.97 Å². The van der Waals surface area contributed by atoms with Crippen LogP contribution in [0.3, 0.4) is 0 Å². The summed E-state index contributed by atoms with van der Waals surface area (Å²) in [4.78, 5) is 21.8. The molecule has 0 bridgehead atoms. The van der Waals surface area contributed by atoms with Gasteiger partial charge in [-0.2, -0.15) is 30.6 Å². The Labute approximate surface area is 366 Å². The van der Waals surface area contributed by atoms with E-state index in [0.29, 0.717) is 17.8 Å². The van der Waals surface area contributed by atoms with Gasteiger partial charge < -0.3 is 5.32 Å². The average Bonchev–Trinajstić information content (AvgIpc) is 4.12. The first kappa shape index (κ1) is 44.5. The Kier molecular flexibility index (Phi) is 13.6.